The third kappa shape index (κ3) is 5.28. The van der Waals surface area contributed by atoms with E-state index in [4.69, 9.17) is 4.74 Å². The van der Waals surface area contributed by atoms with Crippen molar-refractivity contribution in [2.45, 2.75) is 26.1 Å². The second-order valence-electron chi connectivity index (χ2n) is 8.54. The Morgan fingerprint density at radius 1 is 1.24 bits per heavy atom. The van der Waals surface area contributed by atoms with Crippen LogP contribution in [-0.4, -0.2) is 57.9 Å². The van der Waals surface area contributed by atoms with Gasteiger partial charge >= 0.3 is 0 Å². The molecule has 37 heavy (non-hydrogen) atoms. The Balaban J connectivity index is 1.71. The van der Waals surface area contributed by atoms with Crippen LogP contribution in [0.3, 0.4) is 0 Å². The smallest absolute Gasteiger partial charge is 0.278 e. The highest BCUT2D eigenvalue weighted by Crippen LogP contribution is 2.24. The predicted molar refractivity (Wildman–Crippen MR) is 128 cm³/mol. The Labute approximate surface area is 210 Å². The number of nitrogens with zero attached hydrogens (tertiary/aromatic N) is 4. The second kappa shape index (κ2) is 10.7. The molecule has 0 spiro atoms. The fraction of sp³-hybridized carbons (Fsp3) is 0.280. The van der Waals surface area contributed by atoms with E-state index in [2.05, 4.69) is 10.3 Å². The van der Waals surface area contributed by atoms with E-state index in [1.165, 1.54) is 22.8 Å². The topological polar surface area (TPSA) is 117 Å². The molecule has 2 amide bonds. The fourth-order valence-electron chi connectivity index (χ4n) is 4.03. The van der Waals surface area contributed by atoms with Crippen molar-refractivity contribution in [2.75, 3.05) is 25.4 Å². The molecule has 1 atom stereocenters. The van der Waals surface area contributed by atoms with E-state index in [1.54, 1.807) is 36.3 Å². The van der Waals surface area contributed by atoms with Crippen molar-refractivity contribution < 1.29 is 28.2 Å². The molecule has 0 radical (unpaired) electrons. The molecule has 1 aromatic carbocycles. The highest BCUT2D eigenvalue weighted by Gasteiger charge is 2.36. The summed E-state index contributed by atoms with van der Waals surface area (Å²) in [5.74, 6) is -4.04. The molecule has 4 rings (SSSR count). The lowest BCUT2D eigenvalue weighted by Crippen LogP contribution is -2.57. The van der Waals surface area contributed by atoms with E-state index in [0.29, 0.717) is 11.8 Å². The van der Waals surface area contributed by atoms with Gasteiger partial charge in [-0.2, -0.15) is 0 Å². The van der Waals surface area contributed by atoms with Crippen LogP contribution in [0, 0.1) is 11.6 Å². The molecule has 0 bridgehead atoms. The number of pyridine rings is 2. The first-order valence-corrected chi connectivity index (χ1v) is 11.4. The number of hydrogen-bond donors (Lipinski definition) is 2. The molecule has 12 heteroatoms. The maximum Gasteiger partial charge on any atom is 0.278 e. The SMILES string of the molecule is COC[C@H](C)N1CN(Cc2ccccn2)n2cc(C(=O)NCc3ccc(F)cc3F)c(=O)c(O)c2C1=O. The Hall–Kier alpha value is -4.32. The van der Waals surface area contributed by atoms with Crippen LogP contribution in [0.1, 0.15) is 39.0 Å². The zero-order valence-electron chi connectivity index (χ0n) is 20.1. The fourth-order valence-corrected chi connectivity index (χ4v) is 4.03. The molecular formula is C25H25F2N5O5. The van der Waals surface area contributed by atoms with Crippen LogP contribution in [0.25, 0.3) is 0 Å². The molecule has 3 heterocycles. The minimum Gasteiger partial charge on any atom is -0.502 e. The standard InChI is InChI=1S/C25H25F2N5O5/c1-15(13-37-2)31-14-30(11-18-5-3-4-8-28-18)32-12-19(22(33)23(34)21(32)25(31)36)24(35)29-10-16-6-7-17(26)9-20(16)27/h3-9,12,15,34H,10-11,13-14H2,1-2H3,(H,29,35)/t15-/m0/s1. The second-order valence-corrected chi connectivity index (χ2v) is 8.54. The van der Waals surface area contributed by atoms with E-state index in [1.807, 2.05) is 0 Å². The summed E-state index contributed by atoms with van der Waals surface area (Å²) < 4.78 is 33.6. The van der Waals surface area contributed by atoms with Gasteiger partial charge in [-0.1, -0.05) is 12.1 Å². The van der Waals surface area contributed by atoms with E-state index in [0.717, 1.165) is 12.3 Å². The summed E-state index contributed by atoms with van der Waals surface area (Å²) >= 11 is 0. The average molecular weight is 514 g/mol. The van der Waals surface area contributed by atoms with Gasteiger partial charge in [0.1, 0.15) is 23.9 Å². The molecule has 2 aromatic heterocycles. The quantitative estimate of drug-likeness (QED) is 0.471. The van der Waals surface area contributed by atoms with Gasteiger partial charge in [-0.05, 0) is 25.1 Å². The molecule has 2 N–H and O–H groups in total. The first-order valence-electron chi connectivity index (χ1n) is 11.4. The summed E-state index contributed by atoms with van der Waals surface area (Å²) in [4.78, 5) is 44.9. The number of methoxy groups -OCH3 is 1. The van der Waals surface area contributed by atoms with Crippen LogP contribution in [-0.2, 0) is 17.8 Å². The van der Waals surface area contributed by atoms with Crippen molar-refractivity contribution in [3.8, 4) is 5.75 Å². The number of carbonyl (C=O) groups excluding carboxylic acids is 2. The number of benzene rings is 1. The van der Waals surface area contributed by atoms with Gasteiger partial charge in [0.25, 0.3) is 11.8 Å². The monoisotopic (exact) mass is 513 g/mol. The predicted octanol–water partition coefficient (Wildman–Crippen LogP) is 1.74. The molecule has 1 aliphatic heterocycles. The van der Waals surface area contributed by atoms with Crippen LogP contribution in [0.4, 0.5) is 8.78 Å². The maximum absolute atomic E-state index is 14.0. The first kappa shape index (κ1) is 25.8. The van der Waals surface area contributed by atoms with Crippen LogP contribution in [0.5, 0.6) is 5.75 Å². The van der Waals surface area contributed by atoms with Gasteiger partial charge in [-0.15, -0.1) is 0 Å². The molecule has 0 aliphatic carbocycles. The van der Waals surface area contributed by atoms with Gasteiger partial charge < -0.3 is 20.1 Å². The van der Waals surface area contributed by atoms with E-state index >= 15 is 0 Å². The molecule has 0 saturated heterocycles. The van der Waals surface area contributed by atoms with Gasteiger partial charge in [0, 0.05) is 37.7 Å². The van der Waals surface area contributed by atoms with E-state index < -0.39 is 40.2 Å². The molecule has 1 aliphatic rings. The maximum atomic E-state index is 14.0. The van der Waals surface area contributed by atoms with Gasteiger partial charge in [0.15, 0.2) is 11.4 Å². The largest absolute Gasteiger partial charge is 0.502 e. The lowest BCUT2D eigenvalue weighted by atomic mass is 10.1. The van der Waals surface area contributed by atoms with Crippen LogP contribution in [0.15, 0.2) is 53.6 Å². The average Bonchev–Trinajstić information content (AvgIpc) is 2.87. The minimum absolute atomic E-state index is 0.00626. The highest BCUT2D eigenvalue weighted by atomic mass is 19.1. The van der Waals surface area contributed by atoms with Crippen molar-refractivity contribution in [3.63, 3.8) is 0 Å². The molecule has 10 nitrogen and oxygen atoms in total. The lowest BCUT2D eigenvalue weighted by molar-refractivity contribution is 0.0477. The third-order valence-electron chi connectivity index (χ3n) is 5.96. The van der Waals surface area contributed by atoms with Crippen LogP contribution in [0.2, 0.25) is 0 Å². The lowest BCUT2D eigenvalue weighted by Gasteiger charge is -2.42. The Morgan fingerprint density at radius 2 is 2.03 bits per heavy atom. The number of halogens is 2. The number of ether oxygens (including phenoxy) is 1. The summed E-state index contributed by atoms with van der Waals surface area (Å²) in [7, 11) is 1.50. The Morgan fingerprint density at radius 3 is 2.70 bits per heavy atom. The molecule has 194 valence electrons. The highest BCUT2D eigenvalue weighted by molar-refractivity contribution is 5.99. The summed E-state index contributed by atoms with van der Waals surface area (Å²) in [5, 5.41) is 14.8. The van der Waals surface area contributed by atoms with Crippen molar-refractivity contribution in [1.29, 1.82) is 0 Å². The first-order chi connectivity index (χ1) is 17.7. The minimum atomic E-state index is -1.06. The van der Waals surface area contributed by atoms with Crippen molar-refractivity contribution in [3.05, 3.63) is 93.2 Å². The van der Waals surface area contributed by atoms with Gasteiger partial charge in [0.2, 0.25) is 5.43 Å². The number of aromatic hydroxyl groups is 1. The Bertz CT molecular complexity index is 1380. The molecule has 0 saturated carbocycles. The molecule has 0 fully saturated rings. The number of rotatable bonds is 8. The van der Waals surface area contributed by atoms with Crippen LogP contribution < -0.4 is 15.8 Å². The number of nitrogens with one attached hydrogen (secondary N) is 1. The van der Waals surface area contributed by atoms with Crippen molar-refractivity contribution in [1.82, 2.24) is 19.9 Å². The number of aromatic nitrogens is 2. The third-order valence-corrected chi connectivity index (χ3v) is 5.96. The molecule has 3 aromatic rings. The summed E-state index contributed by atoms with van der Waals surface area (Å²) in [6, 6.07) is 7.82. The zero-order chi connectivity index (χ0) is 26.7. The number of carbonyl (C=O) groups is 2. The zero-order valence-corrected chi connectivity index (χ0v) is 20.1. The van der Waals surface area contributed by atoms with E-state index in [9.17, 15) is 28.3 Å². The van der Waals surface area contributed by atoms with Crippen molar-refractivity contribution in [2.24, 2.45) is 0 Å². The summed E-state index contributed by atoms with van der Waals surface area (Å²) in [6.07, 6.45) is 2.76. The Kier molecular flexibility index (Phi) is 7.48. The van der Waals surface area contributed by atoms with Gasteiger partial charge in [0.05, 0.1) is 24.9 Å². The van der Waals surface area contributed by atoms with E-state index in [-0.39, 0.29) is 43.7 Å². The number of fused-ring (bicyclic) bond motifs is 1. The normalized spacial score (nSPS) is 13.9. The van der Waals surface area contributed by atoms with Crippen molar-refractivity contribution >= 4 is 11.8 Å². The summed E-state index contributed by atoms with van der Waals surface area (Å²) in [5.41, 5.74) is -1.18. The van der Waals surface area contributed by atoms with Gasteiger partial charge in [-0.3, -0.25) is 29.1 Å². The number of hydrogen-bond acceptors (Lipinski definition) is 7. The van der Waals surface area contributed by atoms with Gasteiger partial charge in [-0.25, -0.2) is 8.78 Å². The molecular weight excluding hydrogens is 488 g/mol. The number of amides is 2. The summed E-state index contributed by atoms with van der Waals surface area (Å²) in [6.45, 7) is 1.89. The van der Waals surface area contributed by atoms with Crippen LogP contribution >= 0.6 is 0 Å². The molecule has 0 unspecified atom stereocenters.